The van der Waals surface area contributed by atoms with Crippen LogP contribution in [-0.2, 0) is 0 Å². The van der Waals surface area contributed by atoms with Gasteiger partial charge in [-0.05, 0) is 58.3 Å². The van der Waals surface area contributed by atoms with E-state index in [0.29, 0.717) is 5.95 Å². The molecule has 0 radical (unpaired) electrons. The van der Waals surface area contributed by atoms with Crippen LogP contribution in [0.5, 0.6) is 0 Å². The maximum atomic E-state index is 5.58. The highest BCUT2D eigenvalue weighted by Gasteiger charge is 2.26. The van der Waals surface area contributed by atoms with Crippen molar-refractivity contribution in [2.24, 2.45) is 0 Å². The molecule has 5 heteroatoms. The van der Waals surface area contributed by atoms with Gasteiger partial charge in [0.25, 0.3) is 0 Å². The highest BCUT2D eigenvalue weighted by molar-refractivity contribution is 7.26. The number of benzene rings is 8. The van der Waals surface area contributed by atoms with Crippen molar-refractivity contribution in [2.75, 3.05) is 0 Å². The standard InChI is InChI=1S/C50H28N4S/c1-2-12-29(13-3-1)30-22-24-31(25-23-30)45-49-46(36-18-8-11-21-43(36)55-49)52-50(51-45)54-40-19-9-6-16-34(40)38-28-39-37-26-32-14-4-5-15-33(32)27-42(37)53-41-20-10-7-17-35(41)44(47(39)53)48(38)54/h1-28H. The van der Waals surface area contributed by atoms with Crippen LogP contribution in [0, 0.1) is 0 Å². The maximum absolute atomic E-state index is 5.58. The first kappa shape index (κ1) is 29.4. The lowest BCUT2D eigenvalue weighted by Crippen LogP contribution is -2.03. The van der Waals surface area contributed by atoms with E-state index in [2.05, 4.69) is 179 Å². The number of nitrogens with zero attached hydrogens (tertiary/aromatic N) is 4. The summed E-state index contributed by atoms with van der Waals surface area (Å²) >= 11 is 1.77. The summed E-state index contributed by atoms with van der Waals surface area (Å²) in [5.41, 5.74) is 11.3. The lowest BCUT2D eigenvalue weighted by molar-refractivity contribution is 1.02. The van der Waals surface area contributed by atoms with E-state index in [1.54, 1.807) is 11.3 Å². The molecule has 254 valence electrons. The third-order valence-corrected chi connectivity index (χ3v) is 12.8. The summed E-state index contributed by atoms with van der Waals surface area (Å²) in [4.78, 5) is 11.1. The van der Waals surface area contributed by atoms with Gasteiger partial charge >= 0.3 is 0 Å². The number of hydrogen-bond donors (Lipinski definition) is 0. The fourth-order valence-corrected chi connectivity index (χ4v) is 10.4. The van der Waals surface area contributed by atoms with Gasteiger partial charge in [-0.1, -0.05) is 133 Å². The quantitative estimate of drug-likeness (QED) is 0.182. The summed E-state index contributed by atoms with van der Waals surface area (Å²) in [7, 11) is 0. The smallest absolute Gasteiger partial charge is 0.235 e. The number of rotatable bonds is 3. The average molecular weight is 717 g/mol. The molecule has 0 aliphatic heterocycles. The number of thiophene rings is 1. The third kappa shape index (κ3) is 3.94. The molecule has 0 saturated carbocycles. The van der Waals surface area contributed by atoms with Gasteiger partial charge in [-0.3, -0.25) is 4.57 Å². The monoisotopic (exact) mass is 716 g/mol. The van der Waals surface area contributed by atoms with E-state index in [9.17, 15) is 0 Å². The zero-order valence-corrected chi connectivity index (χ0v) is 30.2. The van der Waals surface area contributed by atoms with Crippen LogP contribution >= 0.6 is 11.3 Å². The molecule has 0 fully saturated rings. The Morgan fingerprint density at radius 3 is 1.89 bits per heavy atom. The number of hydrogen-bond acceptors (Lipinski definition) is 3. The van der Waals surface area contributed by atoms with E-state index >= 15 is 0 Å². The molecular weight excluding hydrogens is 689 g/mol. The second kappa shape index (κ2) is 10.8. The maximum Gasteiger partial charge on any atom is 0.235 e. The fourth-order valence-electron chi connectivity index (χ4n) is 9.22. The second-order valence-corrected chi connectivity index (χ2v) is 15.6. The van der Waals surface area contributed by atoms with Gasteiger partial charge in [-0.25, -0.2) is 9.97 Å². The first-order valence-electron chi connectivity index (χ1n) is 18.7. The molecule has 8 aromatic carbocycles. The van der Waals surface area contributed by atoms with Gasteiger partial charge in [0.05, 0.1) is 43.5 Å². The van der Waals surface area contributed by atoms with E-state index in [1.807, 2.05) is 0 Å². The van der Waals surface area contributed by atoms with Crippen molar-refractivity contribution in [3.05, 3.63) is 170 Å². The van der Waals surface area contributed by atoms with Crippen LogP contribution < -0.4 is 0 Å². The van der Waals surface area contributed by atoms with E-state index < -0.39 is 0 Å². The first-order valence-corrected chi connectivity index (χ1v) is 19.5. The molecule has 0 spiro atoms. The zero-order chi connectivity index (χ0) is 35.8. The van der Waals surface area contributed by atoms with Gasteiger partial charge in [0, 0.05) is 48.0 Å². The highest BCUT2D eigenvalue weighted by Crippen LogP contribution is 2.47. The molecular formula is C50H28N4S. The molecule has 5 heterocycles. The number of fused-ring (bicyclic) bond motifs is 14. The van der Waals surface area contributed by atoms with E-state index in [-0.39, 0.29) is 0 Å². The molecule has 55 heavy (non-hydrogen) atoms. The van der Waals surface area contributed by atoms with E-state index in [0.717, 1.165) is 37.9 Å². The highest BCUT2D eigenvalue weighted by atomic mass is 32.1. The normalized spacial score (nSPS) is 12.4. The number of aromatic nitrogens is 4. The minimum absolute atomic E-state index is 0.678. The van der Waals surface area contributed by atoms with Crippen LogP contribution in [-0.4, -0.2) is 18.9 Å². The molecule has 0 unspecified atom stereocenters. The van der Waals surface area contributed by atoms with Gasteiger partial charge < -0.3 is 4.40 Å². The molecule has 0 aliphatic rings. The molecule has 0 bridgehead atoms. The van der Waals surface area contributed by atoms with E-state index in [1.165, 1.54) is 75.5 Å². The van der Waals surface area contributed by atoms with Crippen molar-refractivity contribution in [1.82, 2.24) is 18.9 Å². The second-order valence-electron chi connectivity index (χ2n) is 14.6. The summed E-state index contributed by atoms with van der Waals surface area (Å²) < 4.78 is 7.13. The van der Waals surface area contributed by atoms with Gasteiger partial charge in [0.15, 0.2) is 0 Å². The zero-order valence-electron chi connectivity index (χ0n) is 29.4. The van der Waals surface area contributed by atoms with Gasteiger partial charge in [0.2, 0.25) is 5.95 Å². The molecule has 13 aromatic rings. The Kier molecular flexibility index (Phi) is 5.74. The Hall–Kier alpha value is -7.08. The van der Waals surface area contributed by atoms with Gasteiger partial charge in [-0.2, -0.15) is 0 Å². The minimum atomic E-state index is 0.678. The van der Waals surface area contributed by atoms with Gasteiger partial charge in [0.1, 0.15) is 0 Å². The van der Waals surface area contributed by atoms with Crippen molar-refractivity contribution in [1.29, 1.82) is 0 Å². The summed E-state index contributed by atoms with van der Waals surface area (Å²) in [5, 5.41) is 11.0. The SMILES string of the molecule is c1ccc(-c2ccc(-c3nc(-n4c5ccccc5c5cc6c7cc8ccccc8cc7n7c8ccccc8c(c54)c67)nc4c3sc3ccccc34)cc2)cc1. The average Bonchev–Trinajstić information content (AvgIpc) is 3.98. The van der Waals surface area contributed by atoms with Crippen LogP contribution in [0.25, 0.3) is 119 Å². The molecule has 0 N–H and O–H groups in total. The minimum Gasteiger partial charge on any atom is -0.308 e. The summed E-state index contributed by atoms with van der Waals surface area (Å²) in [6.07, 6.45) is 0. The van der Waals surface area contributed by atoms with Gasteiger partial charge in [-0.15, -0.1) is 11.3 Å². The predicted molar refractivity (Wildman–Crippen MR) is 232 cm³/mol. The van der Waals surface area contributed by atoms with E-state index in [4.69, 9.17) is 9.97 Å². The van der Waals surface area contributed by atoms with Crippen molar-refractivity contribution < 1.29 is 0 Å². The number of para-hydroxylation sites is 2. The van der Waals surface area contributed by atoms with Crippen molar-refractivity contribution in [3.8, 4) is 28.3 Å². The Bertz CT molecular complexity index is 3700. The molecule has 0 atom stereocenters. The molecule has 0 amide bonds. The van der Waals surface area contributed by atoms with Crippen molar-refractivity contribution >= 4 is 102 Å². The van der Waals surface area contributed by atoms with Crippen LogP contribution in [0.3, 0.4) is 0 Å². The van der Waals surface area contributed by atoms with Crippen LogP contribution in [0.15, 0.2) is 170 Å². The van der Waals surface area contributed by atoms with Crippen molar-refractivity contribution in [2.45, 2.75) is 0 Å². The van der Waals surface area contributed by atoms with Crippen LogP contribution in [0.4, 0.5) is 0 Å². The molecule has 0 aliphatic carbocycles. The lowest BCUT2D eigenvalue weighted by Gasteiger charge is -2.11. The largest absolute Gasteiger partial charge is 0.308 e. The van der Waals surface area contributed by atoms with Crippen molar-refractivity contribution in [3.63, 3.8) is 0 Å². The molecule has 4 nitrogen and oxygen atoms in total. The van der Waals surface area contributed by atoms with Crippen LogP contribution in [0.2, 0.25) is 0 Å². The predicted octanol–water partition coefficient (Wildman–Crippen LogP) is 13.6. The summed E-state index contributed by atoms with van der Waals surface area (Å²) in [6.45, 7) is 0. The molecule has 13 rings (SSSR count). The Morgan fingerprint density at radius 1 is 0.418 bits per heavy atom. The Labute approximate surface area is 318 Å². The summed E-state index contributed by atoms with van der Waals surface area (Å²) in [6, 6.07) is 61.5. The Morgan fingerprint density at radius 2 is 1.05 bits per heavy atom. The summed E-state index contributed by atoms with van der Waals surface area (Å²) in [5.74, 6) is 0.678. The third-order valence-electron chi connectivity index (χ3n) is 11.6. The first-order chi connectivity index (χ1) is 27.3. The Balaban J connectivity index is 1.18. The van der Waals surface area contributed by atoms with Crippen LogP contribution in [0.1, 0.15) is 0 Å². The fraction of sp³-hybridized carbons (Fsp3) is 0. The molecule has 0 saturated heterocycles. The lowest BCUT2D eigenvalue weighted by atomic mass is 10.0. The molecule has 5 aromatic heterocycles. The topological polar surface area (TPSA) is 35.1 Å².